The van der Waals surface area contributed by atoms with E-state index in [9.17, 15) is 9.18 Å². The highest BCUT2D eigenvalue weighted by atomic mass is 35.5. The monoisotopic (exact) mass is 426 g/mol. The minimum atomic E-state index is -0.461. The Hall–Kier alpha value is -2.44. The fourth-order valence-corrected chi connectivity index (χ4v) is 5.07. The van der Waals surface area contributed by atoms with E-state index in [4.69, 9.17) is 11.6 Å². The fraction of sp³-hybridized carbons (Fsp3) is 0.391. The fourth-order valence-electron chi connectivity index (χ4n) is 4.96. The topological polar surface area (TPSA) is 52.2 Å². The zero-order valence-electron chi connectivity index (χ0n) is 16.7. The highest BCUT2D eigenvalue weighted by molar-refractivity contribution is 6.30. The van der Waals surface area contributed by atoms with E-state index in [2.05, 4.69) is 19.8 Å². The third-order valence-corrected chi connectivity index (χ3v) is 6.78. The van der Waals surface area contributed by atoms with Gasteiger partial charge in [-0.05, 0) is 48.9 Å². The lowest BCUT2D eigenvalue weighted by Crippen LogP contribution is -2.50. The zero-order valence-corrected chi connectivity index (χ0v) is 17.4. The third kappa shape index (κ3) is 3.70. The van der Waals surface area contributed by atoms with Gasteiger partial charge in [0.2, 0.25) is 0 Å². The summed E-state index contributed by atoms with van der Waals surface area (Å²) >= 11 is 5.94. The Bertz CT molecular complexity index is 1110. The summed E-state index contributed by atoms with van der Waals surface area (Å²) in [5, 5.41) is 1.49. The van der Waals surface area contributed by atoms with Gasteiger partial charge in [-0.1, -0.05) is 23.7 Å². The number of rotatable bonds is 3. The number of aromatic amines is 1. The Balaban J connectivity index is 1.25. The summed E-state index contributed by atoms with van der Waals surface area (Å²) in [6.07, 6.45) is 4.88. The average Bonchev–Trinajstić information content (AvgIpc) is 3.25. The van der Waals surface area contributed by atoms with Crippen LogP contribution in [-0.4, -0.2) is 47.1 Å². The summed E-state index contributed by atoms with van der Waals surface area (Å²) < 4.78 is 14.0. The molecule has 1 saturated heterocycles. The second-order valence-electron chi connectivity index (χ2n) is 8.28. The predicted octanol–water partition coefficient (Wildman–Crippen LogP) is 4.17. The number of aromatic nitrogens is 2. The van der Waals surface area contributed by atoms with Crippen LogP contribution >= 0.6 is 11.6 Å². The molecule has 0 radical (unpaired) electrons. The molecule has 30 heavy (non-hydrogen) atoms. The van der Waals surface area contributed by atoms with E-state index >= 15 is 0 Å². The molecule has 3 aromatic rings. The number of hydrogen-bond acceptors (Lipinski definition) is 4. The smallest absolute Gasteiger partial charge is 0.259 e. The molecule has 2 atom stereocenters. The van der Waals surface area contributed by atoms with Crippen LogP contribution in [-0.2, 0) is 0 Å². The van der Waals surface area contributed by atoms with Crippen molar-refractivity contribution >= 4 is 28.2 Å². The summed E-state index contributed by atoms with van der Waals surface area (Å²) in [6, 6.07) is 11.1. The summed E-state index contributed by atoms with van der Waals surface area (Å²) in [6.45, 7) is 3.89. The number of piperazine rings is 1. The molecule has 2 aliphatic rings. The standard InChI is InChI=1S/C23H24ClFN4O/c24-17-5-7-21(26-14-17)29-10-8-28(9-11-29)18-6-4-15(12-18)20-13-16-2-1-3-19(25)22(16)23(30)27-20/h1-3,5,7,13-15,18H,4,6,8-12H2,(H,27,30). The summed E-state index contributed by atoms with van der Waals surface area (Å²) in [7, 11) is 0. The van der Waals surface area contributed by atoms with Crippen molar-refractivity contribution in [3.8, 4) is 0 Å². The number of halogens is 2. The number of benzene rings is 1. The van der Waals surface area contributed by atoms with Crippen molar-refractivity contribution in [3.05, 3.63) is 69.5 Å². The maximum absolute atomic E-state index is 14.0. The molecule has 0 amide bonds. The van der Waals surface area contributed by atoms with Crippen molar-refractivity contribution in [2.75, 3.05) is 31.1 Å². The van der Waals surface area contributed by atoms with Crippen LogP contribution in [0.1, 0.15) is 30.9 Å². The van der Waals surface area contributed by atoms with E-state index < -0.39 is 5.82 Å². The van der Waals surface area contributed by atoms with Gasteiger partial charge in [-0.25, -0.2) is 9.37 Å². The Labute approximate surface area is 179 Å². The molecule has 156 valence electrons. The number of nitrogens with zero attached hydrogens (tertiary/aromatic N) is 3. The molecule has 1 N–H and O–H groups in total. The van der Waals surface area contributed by atoms with Gasteiger partial charge in [-0.3, -0.25) is 9.69 Å². The lowest BCUT2D eigenvalue weighted by Gasteiger charge is -2.38. The van der Waals surface area contributed by atoms with Gasteiger partial charge in [0.25, 0.3) is 5.56 Å². The van der Waals surface area contributed by atoms with Crippen molar-refractivity contribution in [2.24, 2.45) is 0 Å². The minimum absolute atomic E-state index is 0.155. The summed E-state index contributed by atoms with van der Waals surface area (Å²) in [5.41, 5.74) is 0.609. The molecular formula is C23H24ClFN4O. The number of pyridine rings is 2. The summed E-state index contributed by atoms with van der Waals surface area (Å²) in [4.78, 5) is 24.7. The number of hydrogen-bond donors (Lipinski definition) is 1. The molecule has 7 heteroatoms. The van der Waals surface area contributed by atoms with Crippen molar-refractivity contribution in [1.29, 1.82) is 0 Å². The molecule has 1 aromatic carbocycles. The number of anilines is 1. The second kappa shape index (κ2) is 8.00. The van der Waals surface area contributed by atoms with Crippen LogP contribution < -0.4 is 10.5 Å². The molecule has 0 bridgehead atoms. The Kier molecular flexibility index (Phi) is 5.21. The van der Waals surface area contributed by atoms with Crippen LogP contribution in [0.2, 0.25) is 5.02 Å². The molecule has 1 saturated carbocycles. The molecule has 5 nitrogen and oxygen atoms in total. The van der Waals surface area contributed by atoms with E-state index in [1.165, 1.54) is 6.07 Å². The second-order valence-corrected chi connectivity index (χ2v) is 8.72. The highest BCUT2D eigenvalue weighted by Gasteiger charge is 2.32. The normalized spacial score (nSPS) is 22.7. The van der Waals surface area contributed by atoms with Crippen LogP contribution in [0.15, 0.2) is 47.4 Å². The van der Waals surface area contributed by atoms with Crippen molar-refractivity contribution in [3.63, 3.8) is 0 Å². The molecule has 2 aromatic heterocycles. The van der Waals surface area contributed by atoms with Crippen LogP contribution in [0.5, 0.6) is 0 Å². The molecule has 1 aliphatic heterocycles. The number of nitrogens with one attached hydrogen (secondary N) is 1. The van der Waals surface area contributed by atoms with Crippen molar-refractivity contribution < 1.29 is 4.39 Å². The van der Waals surface area contributed by atoms with E-state index in [1.807, 2.05) is 24.3 Å². The first kappa shape index (κ1) is 19.5. The first-order valence-corrected chi connectivity index (χ1v) is 10.9. The Morgan fingerprint density at radius 2 is 1.93 bits per heavy atom. The highest BCUT2D eigenvalue weighted by Crippen LogP contribution is 2.37. The molecule has 2 unspecified atom stereocenters. The van der Waals surface area contributed by atoms with Gasteiger partial charge in [0, 0.05) is 50.0 Å². The first-order valence-electron chi connectivity index (χ1n) is 10.5. The average molecular weight is 427 g/mol. The predicted molar refractivity (Wildman–Crippen MR) is 118 cm³/mol. The number of fused-ring (bicyclic) bond motifs is 1. The Morgan fingerprint density at radius 1 is 1.10 bits per heavy atom. The van der Waals surface area contributed by atoms with E-state index in [0.29, 0.717) is 22.4 Å². The van der Waals surface area contributed by atoms with E-state index in [-0.39, 0.29) is 10.9 Å². The number of H-pyrrole nitrogens is 1. The molecule has 5 rings (SSSR count). The van der Waals surface area contributed by atoms with Gasteiger partial charge in [-0.15, -0.1) is 0 Å². The van der Waals surface area contributed by atoms with Gasteiger partial charge in [-0.2, -0.15) is 0 Å². The van der Waals surface area contributed by atoms with E-state index in [0.717, 1.165) is 57.0 Å². The molecular weight excluding hydrogens is 403 g/mol. The van der Waals surface area contributed by atoms with Gasteiger partial charge in [0.05, 0.1) is 10.4 Å². The van der Waals surface area contributed by atoms with Gasteiger partial charge < -0.3 is 9.88 Å². The summed E-state index contributed by atoms with van der Waals surface area (Å²) in [5.74, 6) is 0.827. The molecule has 1 aliphatic carbocycles. The van der Waals surface area contributed by atoms with Crippen LogP contribution in [0.3, 0.4) is 0 Å². The van der Waals surface area contributed by atoms with Crippen LogP contribution in [0.25, 0.3) is 10.8 Å². The van der Waals surface area contributed by atoms with Crippen molar-refractivity contribution in [2.45, 2.75) is 31.2 Å². The van der Waals surface area contributed by atoms with Crippen LogP contribution in [0.4, 0.5) is 10.2 Å². The van der Waals surface area contributed by atoms with Gasteiger partial charge in [0.15, 0.2) is 0 Å². The lowest BCUT2D eigenvalue weighted by atomic mass is 10.00. The quantitative estimate of drug-likeness (QED) is 0.682. The molecule has 3 heterocycles. The first-order chi connectivity index (χ1) is 14.6. The van der Waals surface area contributed by atoms with Crippen molar-refractivity contribution in [1.82, 2.24) is 14.9 Å². The molecule has 0 spiro atoms. The Morgan fingerprint density at radius 3 is 2.70 bits per heavy atom. The van der Waals surface area contributed by atoms with Gasteiger partial charge >= 0.3 is 0 Å². The zero-order chi connectivity index (χ0) is 20.7. The minimum Gasteiger partial charge on any atom is -0.354 e. The lowest BCUT2D eigenvalue weighted by molar-refractivity contribution is 0.186. The third-order valence-electron chi connectivity index (χ3n) is 6.55. The molecule has 2 fully saturated rings. The van der Waals surface area contributed by atoms with Crippen LogP contribution in [0, 0.1) is 5.82 Å². The maximum atomic E-state index is 14.0. The maximum Gasteiger partial charge on any atom is 0.259 e. The van der Waals surface area contributed by atoms with E-state index in [1.54, 1.807) is 12.3 Å². The van der Waals surface area contributed by atoms with Gasteiger partial charge in [0.1, 0.15) is 11.6 Å². The SMILES string of the molecule is O=c1[nH]c(C2CCC(N3CCN(c4ccc(Cl)cn4)CC3)C2)cc2cccc(F)c12. The largest absolute Gasteiger partial charge is 0.354 e.